The summed E-state index contributed by atoms with van der Waals surface area (Å²) in [5.74, 6) is 1.65. The van der Waals surface area contributed by atoms with Gasteiger partial charge in [-0.25, -0.2) is 0 Å². The van der Waals surface area contributed by atoms with Gasteiger partial charge < -0.3 is 9.47 Å². The van der Waals surface area contributed by atoms with Crippen LogP contribution in [-0.2, 0) is 0 Å². The summed E-state index contributed by atoms with van der Waals surface area (Å²) in [6, 6.07) is 10.9. The molecule has 0 aliphatic carbocycles. The van der Waals surface area contributed by atoms with Crippen molar-refractivity contribution in [1.29, 1.82) is 0 Å². The summed E-state index contributed by atoms with van der Waals surface area (Å²) in [6.07, 6.45) is 0. The van der Waals surface area contributed by atoms with Gasteiger partial charge in [-0.1, -0.05) is 27.5 Å². The van der Waals surface area contributed by atoms with Gasteiger partial charge in [0.05, 0.1) is 7.11 Å². The van der Waals surface area contributed by atoms with E-state index in [0.717, 1.165) is 4.47 Å². The van der Waals surface area contributed by atoms with E-state index in [1.54, 1.807) is 12.1 Å². The summed E-state index contributed by atoms with van der Waals surface area (Å²) in [5, 5.41) is 0.271. The van der Waals surface area contributed by atoms with Crippen molar-refractivity contribution in [2.24, 2.45) is 0 Å². The third kappa shape index (κ3) is 3.11. The van der Waals surface area contributed by atoms with Crippen molar-refractivity contribution >= 4 is 27.5 Å². The maximum absolute atomic E-state index is 5.96. The zero-order valence-electron chi connectivity index (χ0n) is 8.98. The first-order valence-electron chi connectivity index (χ1n) is 4.83. The minimum absolute atomic E-state index is 0.271. The quantitative estimate of drug-likeness (QED) is 0.792. The fraction of sp³-hybridized carbons (Fsp3) is 0.0833. The van der Waals surface area contributed by atoms with Crippen molar-refractivity contribution in [3.8, 4) is 17.4 Å². The third-order valence-electron chi connectivity index (χ3n) is 2.04. The van der Waals surface area contributed by atoms with Crippen LogP contribution in [0.2, 0.25) is 5.15 Å². The summed E-state index contributed by atoms with van der Waals surface area (Å²) in [4.78, 5) is 4.01. The van der Waals surface area contributed by atoms with Gasteiger partial charge in [0.2, 0.25) is 5.88 Å². The van der Waals surface area contributed by atoms with Crippen LogP contribution in [-0.4, -0.2) is 12.1 Å². The molecule has 1 aromatic heterocycles. The second-order valence-electron chi connectivity index (χ2n) is 3.20. The van der Waals surface area contributed by atoms with Crippen LogP contribution < -0.4 is 9.47 Å². The van der Waals surface area contributed by atoms with Crippen LogP contribution in [0, 0.1) is 0 Å². The number of rotatable bonds is 3. The Labute approximate surface area is 112 Å². The van der Waals surface area contributed by atoms with Gasteiger partial charge in [-0.15, -0.1) is 0 Å². The summed E-state index contributed by atoms with van der Waals surface area (Å²) in [6.45, 7) is 0. The van der Waals surface area contributed by atoms with Crippen molar-refractivity contribution in [3.05, 3.63) is 46.0 Å². The van der Waals surface area contributed by atoms with Gasteiger partial charge in [0.15, 0.2) is 10.9 Å². The van der Waals surface area contributed by atoms with Gasteiger partial charge in [-0.05, 0) is 30.3 Å². The first kappa shape index (κ1) is 12.2. The van der Waals surface area contributed by atoms with E-state index >= 15 is 0 Å². The second kappa shape index (κ2) is 5.38. The Bertz CT molecular complexity index is 516. The lowest BCUT2D eigenvalue weighted by Gasteiger charge is -2.07. The van der Waals surface area contributed by atoms with E-state index in [-0.39, 0.29) is 5.15 Å². The average Bonchev–Trinajstić information content (AvgIpc) is 2.34. The number of hydrogen-bond donors (Lipinski definition) is 0. The van der Waals surface area contributed by atoms with E-state index in [1.807, 2.05) is 24.3 Å². The topological polar surface area (TPSA) is 31.4 Å². The molecule has 17 heavy (non-hydrogen) atoms. The van der Waals surface area contributed by atoms with Crippen molar-refractivity contribution < 1.29 is 9.47 Å². The molecule has 5 heteroatoms. The molecule has 1 heterocycles. The molecule has 2 rings (SSSR count). The molecule has 0 saturated carbocycles. The van der Waals surface area contributed by atoms with Gasteiger partial charge in [0, 0.05) is 10.5 Å². The molecule has 0 fully saturated rings. The molecule has 0 amide bonds. The predicted octanol–water partition coefficient (Wildman–Crippen LogP) is 4.30. The summed E-state index contributed by atoms with van der Waals surface area (Å²) in [5.41, 5.74) is 0. The van der Waals surface area contributed by atoms with E-state index in [2.05, 4.69) is 20.9 Å². The fourth-order valence-corrected chi connectivity index (χ4v) is 1.67. The first-order chi connectivity index (χ1) is 8.19. The molecule has 0 radical (unpaired) electrons. The van der Waals surface area contributed by atoms with E-state index in [1.165, 1.54) is 7.11 Å². The van der Waals surface area contributed by atoms with E-state index < -0.39 is 0 Å². The molecule has 0 unspecified atom stereocenters. The smallest absolute Gasteiger partial charge is 0.214 e. The maximum Gasteiger partial charge on any atom is 0.214 e. The number of nitrogens with zero attached hydrogens (tertiary/aromatic N) is 1. The van der Waals surface area contributed by atoms with Crippen LogP contribution in [0.4, 0.5) is 0 Å². The molecule has 88 valence electrons. The van der Waals surface area contributed by atoms with Crippen LogP contribution in [0.3, 0.4) is 0 Å². The normalized spacial score (nSPS) is 10.1. The number of ether oxygens (including phenoxy) is 2. The number of halogens is 2. The number of hydrogen-bond acceptors (Lipinski definition) is 3. The van der Waals surface area contributed by atoms with Crippen molar-refractivity contribution in [1.82, 2.24) is 4.98 Å². The zero-order valence-corrected chi connectivity index (χ0v) is 11.3. The highest BCUT2D eigenvalue weighted by atomic mass is 79.9. The molecule has 0 atom stereocenters. The minimum atomic E-state index is 0.271. The number of pyridine rings is 1. The molecule has 0 aliphatic heterocycles. The fourth-order valence-electron chi connectivity index (χ4n) is 1.22. The summed E-state index contributed by atoms with van der Waals surface area (Å²) in [7, 11) is 1.54. The van der Waals surface area contributed by atoms with E-state index in [0.29, 0.717) is 17.4 Å². The highest BCUT2D eigenvalue weighted by Gasteiger charge is 2.06. The SMILES string of the molecule is COc1ccc(Oc2ccc(Br)cc2)c(Cl)n1. The number of benzene rings is 1. The van der Waals surface area contributed by atoms with Crippen LogP contribution in [0.1, 0.15) is 0 Å². The Balaban J connectivity index is 2.21. The standard InChI is InChI=1S/C12H9BrClNO2/c1-16-11-7-6-10(12(14)15-11)17-9-4-2-8(13)3-5-9/h2-7H,1H3. The van der Waals surface area contributed by atoms with Crippen LogP contribution in [0.5, 0.6) is 17.4 Å². The van der Waals surface area contributed by atoms with Crippen molar-refractivity contribution in [2.75, 3.05) is 7.11 Å². The maximum atomic E-state index is 5.96. The predicted molar refractivity (Wildman–Crippen MR) is 70.0 cm³/mol. The molecule has 0 spiro atoms. The Kier molecular flexibility index (Phi) is 3.86. The second-order valence-corrected chi connectivity index (χ2v) is 4.47. The molecule has 0 aliphatic rings. The summed E-state index contributed by atoms with van der Waals surface area (Å²) >= 11 is 9.32. The molecular formula is C12H9BrClNO2. The molecular weight excluding hydrogens is 305 g/mol. The van der Waals surface area contributed by atoms with Crippen LogP contribution in [0.25, 0.3) is 0 Å². The van der Waals surface area contributed by atoms with E-state index in [4.69, 9.17) is 21.1 Å². The molecule has 0 saturated heterocycles. The summed E-state index contributed by atoms with van der Waals surface area (Å²) < 4.78 is 11.5. The Hall–Kier alpha value is -1.26. The Morgan fingerprint density at radius 3 is 2.41 bits per heavy atom. The minimum Gasteiger partial charge on any atom is -0.481 e. The molecule has 3 nitrogen and oxygen atoms in total. The lowest BCUT2D eigenvalue weighted by atomic mass is 10.3. The first-order valence-corrected chi connectivity index (χ1v) is 6.00. The van der Waals surface area contributed by atoms with Crippen molar-refractivity contribution in [2.45, 2.75) is 0 Å². The lowest BCUT2D eigenvalue weighted by Crippen LogP contribution is -1.91. The van der Waals surface area contributed by atoms with E-state index in [9.17, 15) is 0 Å². The highest BCUT2D eigenvalue weighted by molar-refractivity contribution is 9.10. The molecule has 2 aromatic rings. The van der Waals surface area contributed by atoms with Crippen LogP contribution in [0.15, 0.2) is 40.9 Å². The van der Waals surface area contributed by atoms with Gasteiger partial charge >= 0.3 is 0 Å². The lowest BCUT2D eigenvalue weighted by molar-refractivity contribution is 0.395. The van der Waals surface area contributed by atoms with Gasteiger partial charge in [0.25, 0.3) is 0 Å². The van der Waals surface area contributed by atoms with Gasteiger partial charge in [0.1, 0.15) is 5.75 Å². The van der Waals surface area contributed by atoms with Crippen LogP contribution >= 0.6 is 27.5 Å². The van der Waals surface area contributed by atoms with Crippen molar-refractivity contribution in [3.63, 3.8) is 0 Å². The Morgan fingerprint density at radius 1 is 1.12 bits per heavy atom. The van der Waals surface area contributed by atoms with Gasteiger partial charge in [-0.2, -0.15) is 4.98 Å². The largest absolute Gasteiger partial charge is 0.481 e. The highest BCUT2D eigenvalue weighted by Crippen LogP contribution is 2.30. The monoisotopic (exact) mass is 313 g/mol. The third-order valence-corrected chi connectivity index (χ3v) is 2.84. The Morgan fingerprint density at radius 2 is 1.82 bits per heavy atom. The number of aromatic nitrogens is 1. The molecule has 1 aromatic carbocycles. The average molecular weight is 315 g/mol. The van der Waals surface area contributed by atoms with Gasteiger partial charge in [-0.3, -0.25) is 0 Å². The zero-order chi connectivity index (χ0) is 12.3. The molecule has 0 N–H and O–H groups in total. The number of methoxy groups -OCH3 is 1. The molecule has 0 bridgehead atoms.